The molecule has 0 aliphatic rings. The van der Waals surface area contributed by atoms with Gasteiger partial charge >= 0.3 is 13.6 Å². The number of nitrogen functional groups attached to an aromatic ring is 1. The van der Waals surface area contributed by atoms with Gasteiger partial charge in [-0.25, -0.2) is 4.98 Å². The van der Waals surface area contributed by atoms with Gasteiger partial charge in [0, 0.05) is 13.0 Å². The van der Waals surface area contributed by atoms with Crippen molar-refractivity contribution >= 4 is 35.6 Å². The first-order valence-electron chi connectivity index (χ1n) is 8.37. The quantitative estimate of drug-likeness (QED) is 0.315. The lowest BCUT2D eigenvalue weighted by Crippen LogP contribution is -2.10. The largest absolute Gasteiger partial charge is 0.466 e. The lowest BCUT2D eigenvalue weighted by Gasteiger charge is -2.09. The van der Waals surface area contributed by atoms with Crippen LogP contribution < -0.4 is 11.0 Å². The highest BCUT2D eigenvalue weighted by molar-refractivity contribution is 7.60. The van der Waals surface area contributed by atoms with E-state index in [1.54, 1.807) is 29.7 Å². The van der Waals surface area contributed by atoms with Crippen molar-refractivity contribution in [3.8, 4) is 11.6 Å². The number of hydrogen-bond acceptors (Lipinski definition) is 6. The Balaban J connectivity index is 2.05. The molecule has 0 radical (unpaired) electrons. The monoisotopic (exact) mass is 393 g/mol. The van der Waals surface area contributed by atoms with E-state index < -0.39 is 7.60 Å². The summed E-state index contributed by atoms with van der Waals surface area (Å²) in [6, 6.07) is 6.47. The summed E-state index contributed by atoms with van der Waals surface area (Å²) in [5, 5.41) is -0.247. The van der Waals surface area contributed by atoms with Crippen LogP contribution in [0.5, 0.6) is 0 Å². The Bertz CT molecular complexity index is 1020. The number of hydrogen-bond donors (Lipinski definition) is 3. The van der Waals surface area contributed by atoms with Crippen molar-refractivity contribution in [1.29, 1.82) is 0 Å². The second kappa shape index (κ2) is 7.56. The van der Waals surface area contributed by atoms with Crippen LogP contribution in [0.2, 0.25) is 0 Å². The van der Waals surface area contributed by atoms with Crippen LogP contribution in [0.4, 0.5) is 5.69 Å². The number of ether oxygens (including phenoxy) is 1. The Labute approximate surface area is 154 Å². The van der Waals surface area contributed by atoms with Crippen molar-refractivity contribution in [3.05, 3.63) is 30.5 Å². The first-order valence-corrected chi connectivity index (χ1v) is 9.98. The van der Waals surface area contributed by atoms with Crippen LogP contribution >= 0.6 is 7.60 Å². The van der Waals surface area contributed by atoms with E-state index >= 15 is 0 Å². The summed E-state index contributed by atoms with van der Waals surface area (Å²) in [6.07, 6.45) is 1.87. The molecule has 0 amide bonds. The third-order valence-electron chi connectivity index (χ3n) is 4.04. The molecule has 3 rings (SSSR count). The molecule has 0 aliphatic carbocycles. The minimum atomic E-state index is -4.55. The minimum absolute atomic E-state index is 0.0185. The highest BCUT2D eigenvalue weighted by Gasteiger charge is 2.28. The fourth-order valence-electron chi connectivity index (χ4n) is 2.88. The van der Waals surface area contributed by atoms with Gasteiger partial charge in [-0.15, -0.1) is 0 Å². The van der Waals surface area contributed by atoms with E-state index in [2.05, 4.69) is 4.98 Å². The van der Waals surface area contributed by atoms with Gasteiger partial charge in [-0.2, -0.15) is 0 Å². The number of furan rings is 1. The SMILES string of the molecule is CCOC(=O)CCCn1c(-c2occc2P(=O)(O)O)nc2c(N)cccc21. The zero-order valence-electron chi connectivity index (χ0n) is 14.7. The van der Waals surface area contributed by atoms with Crippen LogP contribution in [0.1, 0.15) is 19.8 Å². The number of para-hydroxylation sites is 1. The first kappa shape index (κ1) is 19.2. The maximum atomic E-state index is 11.8. The van der Waals surface area contributed by atoms with Gasteiger partial charge in [0.05, 0.1) is 24.1 Å². The molecule has 0 atom stereocenters. The van der Waals surface area contributed by atoms with E-state index in [-0.39, 0.29) is 29.3 Å². The number of benzene rings is 1. The molecule has 0 saturated carbocycles. The van der Waals surface area contributed by atoms with Gasteiger partial charge in [0.2, 0.25) is 0 Å². The van der Waals surface area contributed by atoms with Gasteiger partial charge in [0.25, 0.3) is 0 Å². The molecular weight excluding hydrogens is 373 g/mol. The van der Waals surface area contributed by atoms with E-state index in [4.69, 9.17) is 14.9 Å². The number of rotatable bonds is 7. The summed E-state index contributed by atoms with van der Waals surface area (Å²) in [4.78, 5) is 35.2. The van der Waals surface area contributed by atoms with Crippen LogP contribution in [-0.4, -0.2) is 31.9 Å². The molecule has 10 heteroatoms. The van der Waals surface area contributed by atoms with Crippen molar-refractivity contribution < 1.29 is 28.3 Å². The number of carbonyl (C=O) groups excluding carboxylic acids is 1. The Morgan fingerprint density at radius 1 is 1.37 bits per heavy atom. The molecule has 1 aromatic carbocycles. The maximum Gasteiger partial charge on any atom is 0.360 e. The van der Waals surface area contributed by atoms with Gasteiger partial charge in [0.15, 0.2) is 11.6 Å². The molecule has 2 heterocycles. The average molecular weight is 393 g/mol. The molecule has 27 heavy (non-hydrogen) atoms. The molecule has 2 aromatic heterocycles. The standard InChI is InChI=1S/C17H20N3O6P/c1-2-25-14(21)7-4-9-20-12-6-3-5-11(18)15(12)19-17(20)16-13(8-10-26-16)27(22,23)24/h3,5-6,8,10H,2,4,7,9,18H2,1H3,(H2,22,23,24). The molecule has 0 saturated heterocycles. The summed E-state index contributed by atoms with van der Waals surface area (Å²) in [6.45, 7) is 2.42. The van der Waals surface area contributed by atoms with Crippen LogP contribution in [-0.2, 0) is 20.6 Å². The minimum Gasteiger partial charge on any atom is -0.466 e. The van der Waals surface area contributed by atoms with Gasteiger partial charge in [-0.05, 0) is 31.5 Å². The molecule has 0 bridgehead atoms. The second-order valence-electron chi connectivity index (χ2n) is 5.89. The van der Waals surface area contributed by atoms with E-state index in [0.717, 1.165) is 0 Å². The van der Waals surface area contributed by atoms with Crippen LogP contribution in [0.15, 0.2) is 34.9 Å². The van der Waals surface area contributed by atoms with Crippen molar-refractivity contribution in [1.82, 2.24) is 9.55 Å². The van der Waals surface area contributed by atoms with E-state index in [0.29, 0.717) is 36.3 Å². The smallest absolute Gasteiger partial charge is 0.360 e. The number of aryl methyl sites for hydroxylation is 1. The Hall–Kier alpha value is -2.61. The molecule has 0 aliphatic heterocycles. The molecule has 0 unspecified atom stereocenters. The van der Waals surface area contributed by atoms with Crippen molar-refractivity contribution in [2.75, 3.05) is 12.3 Å². The molecule has 3 aromatic rings. The zero-order valence-corrected chi connectivity index (χ0v) is 15.6. The number of fused-ring (bicyclic) bond motifs is 1. The fourth-order valence-corrected chi connectivity index (χ4v) is 3.55. The van der Waals surface area contributed by atoms with E-state index in [1.165, 1.54) is 12.3 Å². The number of nitrogens with zero attached hydrogens (tertiary/aromatic N) is 2. The number of carbonyl (C=O) groups is 1. The lowest BCUT2D eigenvalue weighted by atomic mass is 10.2. The molecule has 4 N–H and O–H groups in total. The molecule has 0 spiro atoms. The van der Waals surface area contributed by atoms with Crippen LogP contribution in [0, 0.1) is 0 Å². The highest BCUT2D eigenvalue weighted by atomic mass is 31.2. The predicted octanol–water partition coefficient (Wildman–Crippen LogP) is 2.02. The maximum absolute atomic E-state index is 11.8. The second-order valence-corrected chi connectivity index (χ2v) is 7.46. The topological polar surface area (TPSA) is 141 Å². The molecule has 0 fully saturated rings. The van der Waals surface area contributed by atoms with Crippen molar-refractivity contribution in [2.24, 2.45) is 0 Å². The summed E-state index contributed by atoms with van der Waals surface area (Å²) in [5.74, 6) is -0.0814. The third kappa shape index (κ3) is 3.90. The fraction of sp³-hybridized carbons (Fsp3) is 0.294. The molecule has 9 nitrogen and oxygen atoms in total. The summed E-state index contributed by atoms with van der Waals surface area (Å²) < 4.78 is 23.8. The zero-order chi connectivity index (χ0) is 19.6. The highest BCUT2D eigenvalue weighted by Crippen LogP contribution is 2.39. The number of nitrogens with two attached hydrogens (primary N) is 1. The predicted molar refractivity (Wildman–Crippen MR) is 99.4 cm³/mol. The average Bonchev–Trinajstić information content (AvgIpc) is 3.20. The summed E-state index contributed by atoms with van der Waals surface area (Å²) in [5.41, 5.74) is 7.61. The summed E-state index contributed by atoms with van der Waals surface area (Å²) in [7, 11) is -4.55. The summed E-state index contributed by atoms with van der Waals surface area (Å²) >= 11 is 0. The van der Waals surface area contributed by atoms with E-state index in [9.17, 15) is 19.1 Å². The van der Waals surface area contributed by atoms with Crippen molar-refractivity contribution in [3.63, 3.8) is 0 Å². The Kier molecular flexibility index (Phi) is 5.36. The van der Waals surface area contributed by atoms with Crippen LogP contribution in [0.25, 0.3) is 22.6 Å². The Morgan fingerprint density at radius 2 is 2.15 bits per heavy atom. The third-order valence-corrected chi connectivity index (χ3v) is 5.02. The van der Waals surface area contributed by atoms with Gasteiger partial charge < -0.3 is 29.2 Å². The molecule has 144 valence electrons. The number of esters is 1. The van der Waals surface area contributed by atoms with Crippen LogP contribution in [0.3, 0.4) is 0 Å². The number of imidazole rings is 1. The van der Waals surface area contributed by atoms with E-state index in [1.807, 2.05) is 0 Å². The van der Waals surface area contributed by atoms with Gasteiger partial charge in [-0.1, -0.05) is 6.07 Å². The lowest BCUT2D eigenvalue weighted by molar-refractivity contribution is -0.143. The normalized spacial score (nSPS) is 11.8. The van der Waals surface area contributed by atoms with Crippen molar-refractivity contribution in [2.45, 2.75) is 26.3 Å². The number of aromatic nitrogens is 2. The Morgan fingerprint density at radius 3 is 2.85 bits per heavy atom. The molecular formula is C17H20N3O6P. The first-order chi connectivity index (χ1) is 12.8. The number of anilines is 1. The van der Waals surface area contributed by atoms with Gasteiger partial charge in [-0.3, -0.25) is 9.36 Å². The van der Waals surface area contributed by atoms with Gasteiger partial charge in [0.1, 0.15) is 10.8 Å².